The lowest BCUT2D eigenvalue weighted by molar-refractivity contribution is 0.684. The van der Waals surface area contributed by atoms with Crippen molar-refractivity contribution < 1.29 is 0 Å². The Morgan fingerprint density at radius 1 is 1.18 bits per heavy atom. The minimum Gasteiger partial charge on any atom is -0.148 e. The topological polar surface area (TPSA) is 0 Å². The van der Waals surface area contributed by atoms with Gasteiger partial charge in [-0.05, 0) is 32.1 Å². The second-order valence-corrected chi connectivity index (χ2v) is 6.13. The molecular formula is C10H18S. The summed E-state index contributed by atoms with van der Waals surface area (Å²) >= 11 is 2.07. The zero-order chi connectivity index (χ0) is 8.32. The van der Waals surface area contributed by atoms with Crippen LogP contribution in [0.4, 0.5) is 0 Å². The quantitative estimate of drug-likeness (QED) is 0.576. The van der Waals surface area contributed by atoms with Gasteiger partial charge in [0.25, 0.3) is 0 Å². The van der Waals surface area contributed by atoms with Gasteiger partial charge >= 0.3 is 0 Å². The molecule has 1 rings (SSSR count). The molecular weight excluding hydrogens is 152 g/mol. The maximum Gasteiger partial charge on any atom is 0.0312 e. The van der Waals surface area contributed by atoms with E-state index in [4.69, 9.17) is 0 Å². The highest BCUT2D eigenvalue weighted by molar-refractivity contribution is 8.03. The lowest BCUT2D eigenvalue weighted by Crippen LogP contribution is -2.12. The number of hydrogen-bond acceptors (Lipinski definition) is 1. The van der Waals surface area contributed by atoms with Crippen LogP contribution in [0.1, 0.15) is 46.5 Å². The van der Waals surface area contributed by atoms with E-state index < -0.39 is 0 Å². The van der Waals surface area contributed by atoms with E-state index in [0.717, 1.165) is 0 Å². The van der Waals surface area contributed by atoms with Crippen LogP contribution < -0.4 is 0 Å². The van der Waals surface area contributed by atoms with Gasteiger partial charge in [0, 0.05) is 10.00 Å². The Morgan fingerprint density at radius 3 is 2.18 bits per heavy atom. The van der Waals surface area contributed by atoms with E-state index >= 15 is 0 Å². The third-order valence-corrected chi connectivity index (χ3v) is 3.01. The highest BCUT2D eigenvalue weighted by atomic mass is 32.2. The van der Waals surface area contributed by atoms with E-state index in [1.54, 1.807) is 5.25 Å². The fourth-order valence-corrected chi connectivity index (χ4v) is 2.64. The van der Waals surface area contributed by atoms with E-state index in [2.05, 4.69) is 39.0 Å². The highest BCUT2D eigenvalue weighted by Crippen LogP contribution is 2.41. The second kappa shape index (κ2) is 3.84. The first-order chi connectivity index (χ1) is 5.08. The predicted molar refractivity (Wildman–Crippen MR) is 53.4 cm³/mol. The molecule has 0 bridgehead atoms. The molecule has 0 amide bonds. The van der Waals surface area contributed by atoms with Gasteiger partial charge in [-0.3, -0.25) is 0 Å². The van der Waals surface area contributed by atoms with Gasteiger partial charge in [-0.2, -0.15) is 0 Å². The summed E-state index contributed by atoms with van der Waals surface area (Å²) in [5.41, 5.74) is 0. The molecule has 0 heterocycles. The molecule has 0 spiro atoms. The first-order valence-electron chi connectivity index (χ1n) is 4.43. The summed E-state index contributed by atoms with van der Waals surface area (Å²) in [5.74, 6) is 0. The van der Waals surface area contributed by atoms with Crippen LogP contribution in [0, 0.1) is 11.7 Å². The Morgan fingerprint density at radius 2 is 1.73 bits per heavy atom. The molecule has 1 saturated carbocycles. The minimum atomic E-state index is 0.423. The standard InChI is InChI=1S/C10H18S/c1-10(2,3)11-9-7-5-4-6-8-9/h4H,5-8H2,1-3H3. The summed E-state index contributed by atoms with van der Waals surface area (Å²) < 4.78 is 0.423. The van der Waals surface area contributed by atoms with Crippen LogP contribution >= 0.6 is 11.8 Å². The molecule has 0 aromatic carbocycles. The first kappa shape index (κ1) is 9.44. The van der Waals surface area contributed by atoms with Crippen LogP contribution in [0.2, 0.25) is 0 Å². The van der Waals surface area contributed by atoms with Crippen molar-refractivity contribution >= 4 is 11.8 Å². The minimum absolute atomic E-state index is 0.423. The van der Waals surface area contributed by atoms with E-state index in [1.165, 1.54) is 25.7 Å². The van der Waals surface area contributed by atoms with E-state index in [9.17, 15) is 0 Å². The Kier molecular flexibility index (Phi) is 3.29. The van der Waals surface area contributed by atoms with Gasteiger partial charge < -0.3 is 0 Å². The van der Waals surface area contributed by atoms with Crippen LogP contribution in [0.5, 0.6) is 0 Å². The van der Waals surface area contributed by atoms with Gasteiger partial charge in [-0.1, -0.05) is 20.8 Å². The molecule has 0 aromatic rings. The van der Waals surface area contributed by atoms with Gasteiger partial charge in [0.15, 0.2) is 0 Å². The molecule has 0 N–H and O–H groups in total. The smallest absolute Gasteiger partial charge is 0.0312 e. The molecule has 1 fully saturated rings. The highest BCUT2D eigenvalue weighted by Gasteiger charge is 2.21. The van der Waals surface area contributed by atoms with Crippen molar-refractivity contribution in [1.82, 2.24) is 0 Å². The summed E-state index contributed by atoms with van der Waals surface area (Å²) in [6.07, 6.45) is 7.66. The first-order valence-corrected chi connectivity index (χ1v) is 5.25. The largest absolute Gasteiger partial charge is 0.148 e. The molecule has 0 unspecified atom stereocenters. The Labute approximate surface area is 75.1 Å². The second-order valence-electron chi connectivity index (χ2n) is 4.12. The van der Waals surface area contributed by atoms with Gasteiger partial charge in [0.1, 0.15) is 0 Å². The van der Waals surface area contributed by atoms with Crippen LogP contribution in [-0.2, 0) is 0 Å². The molecule has 1 aliphatic rings. The summed E-state index contributed by atoms with van der Waals surface area (Å²) in [6.45, 7) is 6.88. The van der Waals surface area contributed by atoms with Crippen LogP contribution in [0.15, 0.2) is 0 Å². The van der Waals surface area contributed by atoms with Gasteiger partial charge in [0.05, 0.1) is 0 Å². The third-order valence-electron chi connectivity index (χ3n) is 1.71. The van der Waals surface area contributed by atoms with Gasteiger partial charge in [-0.15, -0.1) is 11.8 Å². The van der Waals surface area contributed by atoms with Crippen molar-refractivity contribution in [3.63, 3.8) is 0 Å². The normalized spacial score (nSPS) is 22.1. The molecule has 2 radical (unpaired) electrons. The molecule has 0 atom stereocenters. The predicted octanol–water partition coefficient (Wildman–Crippen LogP) is 3.83. The van der Waals surface area contributed by atoms with Crippen molar-refractivity contribution in [3.8, 4) is 0 Å². The van der Waals surface area contributed by atoms with Crippen molar-refractivity contribution in [3.05, 3.63) is 11.7 Å². The molecule has 0 aliphatic heterocycles. The van der Waals surface area contributed by atoms with Crippen molar-refractivity contribution in [1.29, 1.82) is 0 Å². The molecule has 0 aromatic heterocycles. The van der Waals surface area contributed by atoms with Crippen molar-refractivity contribution in [2.45, 2.75) is 51.2 Å². The van der Waals surface area contributed by atoms with E-state index in [0.29, 0.717) is 4.75 Å². The Bertz CT molecular complexity index is 107. The molecule has 1 aliphatic carbocycles. The zero-order valence-corrected chi connectivity index (χ0v) is 8.63. The fraction of sp³-hybridized carbons (Fsp3) is 0.800. The average molecular weight is 170 g/mol. The monoisotopic (exact) mass is 170 g/mol. The number of thioether (sulfide) groups is 1. The molecule has 64 valence electrons. The summed E-state index contributed by atoms with van der Waals surface area (Å²) in [7, 11) is 0. The number of hydrogen-bond donors (Lipinski definition) is 0. The van der Waals surface area contributed by atoms with Crippen LogP contribution in [0.3, 0.4) is 0 Å². The maximum atomic E-state index is 2.41. The van der Waals surface area contributed by atoms with Crippen LogP contribution in [-0.4, -0.2) is 4.75 Å². The van der Waals surface area contributed by atoms with E-state index in [-0.39, 0.29) is 0 Å². The fourth-order valence-electron chi connectivity index (χ4n) is 1.33. The SMILES string of the molecule is CC(C)(C)S[C]1CC[CH]CC1. The summed E-state index contributed by atoms with van der Waals surface area (Å²) in [4.78, 5) is 0. The molecule has 1 heteroatoms. The lowest BCUT2D eigenvalue weighted by atomic mass is 10.0. The van der Waals surface area contributed by atoms with Crippen molar-refractivity contribution in [2.75, 3.05) is 0 Å². The summed E-state index contributed by atoms with van der Waals surface area (Å²) in [5, 5.41) is 1.71. The third kappa shape index (κ3) is 4.05. The molecule has 0 nitrogen and oxygen atoms in total. The Balaban J connectivity index is 2.24. The molecule has 0 saturated heterocycles. The van der Waals surface area contributed by atoms with Crippen LogP contribution in [0.25, 0.3) is 0 Å². The van der Waals surface area contributed by atoms with Gasteiger partial charge in [-0.25, -0.2) is 0 Å². The number of rotatable bonds is 1. The average Bonchev–Trinajstić information content (AvgIpc) is 1.85. The summed E-state index contributed by atoms with van der Waals surface area (Å²) in [6, 6.07) is 0. The van der Waals surface area contributed by atoms with Gasteiger partial charge in [0.2, 0.25) is 0 Å². The maximum absolute atomic E-state index is 2.41. The molecule has 11 heavy (non-hydrogen) atoms. The lowest BCUT2D eigenvalue weighted by Gasteiger charge is -2.27. The zero-order valence-electron chi connectivity index (χ0n) is 7.81. The van der Waals surface area contributed by atoms with E-state index in [1.807, 2.05) is 0 Å². The Hall–Kier alpha value is 0.350. The van der Waals surface area contributed by atoms with Crippen molar-refractivity contribution in [2.24, 2.45) is 0 Å².